The van der Waals surface area contributed by atoms with Gasteiger partial charge in [0, 0.05) is 19.2 Å². The van der Waals surface area contributed by atoms with Crippen molar-refractivity contribution in [2.24, 2.45) is 5.92 Å². The molecule has 0 saturated heterocycles. The van der Waals surface area contributed by atoms with E-state index in [1.165, 1.54) is 0 Å². The van der Waals surface area contributed by atoms with Gasteiger partial charge < -0.3 is 9.67 Å². The summed E-state index contributed by atoms with van der Waals surface area (Å²) in [6, 6.07) is 0. The van der Waals surface area contributed by atoms with Crippen molar-refractivity contribution in [2.45, 2.75) is 19.9 Å². The number of carboxylic acids is 1. The second-order valence-corrected chi connectivity index (χ2v) is 3.19. The standard InChI is InChI=1S/C8H10N2O2.ClH/c1-5-3-10-4-6(8(11)12)2-7(10)9-5;/h3,6H,2,4H2,1H3,(H,11,12);1H. The number of halogens is 1. The normalized spacial score (nSPS) is 19.3. The van der Waals surface area contributed by atoms with Gasteiger partial charge in [-0.25, -0.2) is 4.98 Å². The summed E-state index contributed by atoms with van der Waals surface area (Å²) in [4.78, 5) is 14.8. The number of carbonyl (C=O) groups is 1. The molecule has 4 nitrogen and oxygen atoms in total. The maximum atomic E-state index is 10.6. The molecule has 5 heteroatoms. The molecule has 1 atom stereocenters. The molecule has 0 bridgehead atoms. The van der Waals surface area contributed by atoms with Crippen molar-refractivity contribution in [2.75, 3.05) is 0 Å². The highest BCUT2D eigenvalue weighted by molar-refractivity contribution is 5.85. The topological polar surface area (TPSA) is 55.1 Å². The fraction of sp³-hybridized carbons (Fsp3) is 0.500. The first-order valence-corrected chi connectivity index (χ1v) is 3.92. The van der Waals surface area contributed by atoms with Crippen molar-refractivity contribution >= 4 is 18.4 Å². The molecule has 2 rings (SSSR count). The van der Waals surface area contributed by atoms with Crippen molar-refractivity contribution in [3.63, 3.8) is 0 Å². The predicted molar refractivity (Wildman–Crippen MR) is 49.0 cm³/mol. The molecule has 0 spiro atoms. The van der Waals surface area contributed by atoms with Gasteiger partial charge in [0.2, 0.25) is 0 Å². The van der Waals surface area contributed by atoms with Crippen LogP contribution in [0.4, 0.5) is 0 Å². The van der Waals surface area contributed by atoms with E-state index in [9.17, 15) is 4.79 Å². The number of carboxylic acid groups (broad SMARTS) is 1. The van der Waals surface area contributed by atoms with Gasteiger partial charge in [-0.05, 0) is 6.92 Å². The lowest BCUT2D eigenvalue weighted by atomic mass is 10.1. The van der Waals surface area contributed by atoms with Crippen LogP contribution in [0.3, 0.4) is 0 Å². The lowest BCUT2D eigenvalue weighted by Crippen LogP contribution is -2.14. The largest absolute Gasteiger partial charge is 0.481 e. The first kappa shape index (κ1) is 10.1. The van der Waals surface area contributed by atoms with Crippen LogP contribution in [0.15, 0.2) is 6.20 Å². The van der Waals surface area contributed by atoms with Gasteiger partial charge in [-0.15, -0.1) is 12.4 Å². The molecule has 1 N–H and O–H groups in total. The highest BCUT2D eigenvalue weighted by atomic mass is 35.5. The van der Waals surface area contributed by atoms with E-state index >= 15 is 0 Å². The number of aliphatic carboxylic acids is 1. The van der Waals surface area contributed by atoms with Crippen molar-refractivity contribution in [1.29, 1.82) is 0 Å². The molecule has 1 aromatic heterocycles. The van der Waals surface area contributed by atoms with Crippen molar-refractivity contribution in [1.82, 2.24) is 9.55 Å². The molecule has 1 aromatic rings. The number of imidazole rings is 1. The molecular weight excluding hydrogens is 192 g/mol. The van der Waals surface area contributed by atoms with Gasteiger partial charge in [-0.2, -0.15) is 0 Å². The fourth-order valence-corrected chi connectivity index (χ4v) is 1.61. The summed E-state index contributed by atoms with van der Waals surface area (Å²) in [5.74, 6) is -0.0915. The Kier molecular flexibility index (Phi) is 2.61. The van der Waals surface area contributed by atoms with Gasteiger partial charge in [0.05, 0.1) is 11.6 Å². The Morgan fingerprint density at radius 3 is 3.00 bits per heavy atom. The summed E-state index contributed by atoms with van der Waals surface area (Å²) < 4.78 is 1.92. The monoisotopic (exact) mass is 202 g/mol. The van der Waals surface area contributed by atoms with Crippen LogP contribution in [0.25, 0.3) is 0 Å². The van der Waals surface area contributed by atoms with Crippen LogP contribution in [0, 0.1) is 12.8 Å². The van der Waals surface area contributed by atoms with Crippen molar-refractivity contribution < 1.29 is 9.90 Å². The summed E-state index contributed by atoms with van der Waals surface area (Å²) in [5, 5.41) is 8.73. The van der Waals surface area contributed by atoms with Gasteiger partial charge >= 0.3 is 5.97 Å². The third-order valence-electron chi connectivity index (χ3n) is 2.17. The summed E-state index contributed by atoms with van der Waals surface area (Å²) >= 11 is 0. The Balaban J connectivity index is 0.000000845. The third kappa shape index (κ3) is 1.67. The van der Waals surface area contributed by atoms with E-state index in [2.05, 4.69) is 4.98 Å². The molecule has 1 aliphatic heterocycles. The molecular formula is C8H11ClN2O2. The minimum Gasteiger partial charge on any atom is -0.481 e. The summed E-state index contributed by atoms with van der Waals surface area (Å²) in [6.07, 6.45) is 2.47. The molecule has 0 aromatic carbocycles. The van der Waals surface area contributed by atoms with Crippen molar-refractivity contribution in [3.8, 4) is 0 Å². The molecule has 2 heterocycles. The van der Waals surface area contributed by atoms with Crippen LogP contribution in [-0.4, -0.2) is 20.6 Å². The van der Waals surface area contributed by atoms with Gasteiger partial charge in [0.15, 0.2) is 0 Å². The maximum absolute atomic E-state index is 10.6. The van der Waals surface area contributed by atoms with E-state index in [4.69, 9.17) is 5.11 Å². The zero-order valence-corrected chi connectivity index (χ0v) is 8.04. The van der Waals surface area contributed by atoms with Crippen LogP contribution >= 0.6 is 12.4 Å². The Bertz CT molecular complexity index is 311. The van der Waals surface area contributed by atoms with Gasteiger partial charge in [0.1, 0.15) is 5.82 Å². The minimum absolute atomic E-state index is 0. The summed E-state index contributed by atoms with van der Waals surface area (Å²) in [6.45, 7) is 2.49. The highest BCUT2D eigenvalue weighted by Gasteiger charge is 2.27. The zero-order chi connectivity index (χ0) is 8.72. The highest BCUT2D eigenvalue weighted by Crippen LogP contribution is 2.19. The van der Waals surface area contributed by atoms with Gasteiger partial charge in [-0.3, -0.25) is 4.79 Å². The Morgan fingerprint density at radius 1 is 1.77 bits per heavy atom. The SMILES string of the molecule is Cc1cn2c(n1)CC(C(=O)O)C2.Cl. The molecule has 0 saturated carbocycles. The first-order valence-electron chi connectivity index (χ1n) is 3.92. The molecule has 0 aliphatic carbocycles. The van der Waals surface area contributed by atoms with Crippen LogP contribution < -0.4 is 0 Å². The number of rotatable bonds is 1. The first-order chi connectivity index (χ1) is 5.66. The number of aromatic nitrogens is 2. The quantitative estimate of drug-likeness (QED) is 0.735. The fourth-order valence-electron chi connectivity index (χ4n) is 1.61. The van der Waals surface area contributed by atoms with E-state index in [0.29, 0.717) is 13.0 Å². The molecule has 0 amide bonds. The lowest BCUT2D eigenvalue weighted by Gasteiger charge is -1.99. The smallest absolute Gasteiger partial charge is 0.308 e. The summed E-state index contributed by atoms with van der Waals surface area (Å²) in [5.41, 5.74) is 0.967. The Hall–Kier alpha value is -1.03. The van der Waals surface area contributed by atoms with Crippen LogP contribution in [0.5, 0.6) is 0 Å². The maximum Gasteiger partial charge on any atom is 0.308 e. The number of nitrogens with zero attached hydrogens (tertiary/aromatic N) is 2. The Morgan fingerprint density at radius 2 is 2.46 bits per heavy atom. The molecule has 1 aliphatic rings. The van der Waals surface area contributed by atoms with Gasteiger partial charge in [0.25, 0.3) is 0 Å². The van der Waals surface area contributed by atoms with Gasteiger partial charge in [-0.1, -0.05) is 0 Å². The van der Waals surface area contributed by atoms with E-state index in [0.717, 1.165) is 11.5 Å². The number of hydrogen-bond donors (Lipinski definition) is 1. The van der Waals surface area contributed by atoms with E-state index in [1.54, 1.807) is 0 Å². The average molecular weight is 203 g/mol. The molecule has 1 unspecified atom stereocenters. The number of aryl methyl sites for hydroxylation is 1. The number of hydrogen-bond acceptors (Lipinski definition) is 2. The minimum atomic E-state index is -0.724. The zero-order valence-electron chi connectivity index (χ0n) is 7.23. The van der Waals surface area contributed by atoms with E-state index in [1.807, 2.05) is 17.7 Å². The Labute approximate surface area is 82.0 Å². The van der Waals surface area contributed by atoms with Crippen molar-refractivity contribution in [3.05, 3.63) is 17.7 Å². The van der Waals surface area contributed by atoms with Crippen LogP contribution in [0.2, 0.25) is 0 Å². The second kappa shape index (κ2) is 3.38. The average Bonchev–Trinajstić information content (AvgIpc) is 2.42. The number of fused-ring (bicyclic) bond motifs is 1. The molecule has 0 radical (unpaired) electrons. The van der Waals surface area contributed by atoms with Crippen LogP contribution in [-0.2, 0) is 17.8 Å². The molecule has 0 fully saturated rings. The lowest BCUT2D eigenvalue weighted by molar-refractivity contribution is -0.141. The third-order valence-corrected chi connectivity index (χ3v) is 2.17. The van der Waals surface area contributed by atoms with Crippen LogP contribution in [0.1, 0.15) is 11.5 Å². The second-order valence-electron chi connectivity index (χ2n) is 3.19. The van der Waals surface area contributed by atoms with E-state index < -0.39 is 5.97 Å². The molecule has 72 valence electrons. The summed E-state index contributed by atoms with van der Waals surface area (Å²) in [7, 11) is 0. The molecule has 13 heavy (non-hydrogen) atoms. The predicted octanol–water partition coefficient (Wildman–Crippen LogP) is 0.870. The van der Waals surface area contributed by atoms with E-state index in [-0.39, 0.29) is 18.3 Å².